The maximum atomic E-state index is 12.6. The lowest BCUT2D eigenvalue weighted by molar-refractivity contribution is -0.122. The highest BCUT2D eigenvalue weighted by molar-refractivity contribution is 7.16. The molecule has 0 aliphatic carbocycles. The van der Waals surface area contributed by atoms with Crippen LogP contribution >= 0.6 is 11.3 Å². The second-order valence-electron chi connectivity index (χ2n) is 6.19. The molecule has 1 aliphatic heterocycles. The van der Waals surface area contributed by atoms with Crippen LogP contribution in [-0.2, 0) is 9.59 Å². The van der Waals surface area contributed by atoms with E-state index in [1.165, 1.54) is 11.3 Å². The third kappa shape index (κ3) is 3.28. The summed E-state index contributed by atoms with van der Waals surface area (Å²) in [5.41, 5.74) is 2.12. The monoisotopic (exact) mass is 369 g/mol. The molecule has 0 saturated carbocycles. The largest absolute Gasteiger partial charge is 0.497 e. The van der Waals surface area contributed by atoms with Crippen molar-refractivity contribution < 1.29 is 14.3 Å². The Morgan fingerprint density at radius 3 is 2.65 bits per heavy atom. The third-order valence-electron chi connectivity index (χ3n) is 4.61. The lowest BCUT2D eigenvalue weighted by atomic mass is 10.1. The first-order valence-corrected chi connectivity index (χ1v) is 9.01. The summed E-state index contributed by atoms with van der Waals surface area (Å²) < 4.78 is 5.13. The SMILES string of the molecule is COc1ccc(N2CC(C(=O)Nc3sc(C)c(C)c3C#N)CC2=O)cc1. The quantitative estimate of drug-likeness (QED) is 0.897. The van der Waals surface area contributed by atoms with E-state index < -0.39 is 5.92 Å². The van der Waals surface area contributed by atoms with E-state index in [4.69, 9.17) is 4.74 Å². The van der Waals surface area contributed by atoms with Crippen LogP contribution in [0.5, 0.6) is 5.75 Å². The van der Waals surface area contributed by atoms with Crippen LogP contribution in [0.4, 0.5) is 10.7 Å². The fraction of sp³-hybridized carbons (Fsp3) is 0.316. The number of nitrogens with one attached hydrogen (secondary N) is 1. The molecule has 1 saturated heterocycles. The minimum atomic E-state index is -0.446. The highest BCUT2D eigenvalue weighted by Crippen LogP contribution is 2.33. The number of nitrogens with zero attached hydrogens (tertiary/aromatic N) is 2. The zero-order chi connectivity index (χ0) is 18.8. The molecule has 1 N–H and O–H groups in total. The Balaban J connectivity index is 1.73. The molecule has 1 aromatic carbocycles. The molecule has 0 radical (unpaired) electrons. The fourth-order valence-corrected chi connectivity index (χ4v) is 3.97. The summed E-state index contributed by atoms with van der Waals surface area (Å²) in [6.45, 7) is 4.10. The number of hydrogen-bond donors (Lipinski definition) is 1. The van der Waals surface area contributed by atoms with Crippen LogP contribution in [0.25, 0.3) is 0 Å². The van der Waals surface area contributed by atoms with Gasteiger partial charge in [0.25, 0.3) is 0 Å². The number of aryl methyl sites for hydroxylation is 1. The average Bonchev–Trinajstić information content (AvgIpc) is 3.15. The van der Waals surface area contributed by atoms with Crippen LogP contribution in [-0.4, -0.2) is 25.5 Å². The van der Waals surface area contributed by atoms with Gasteiger partial charge in [0, 0.05) is 23.5 Å². The Morgan fingerprint density at radius 1 is 1.35 bits per heavy atom. The molecule has 2 heterocycles. The maximum Gasteiger partial charge on any atom is 0.230 e. The molecular weight excluding hydrogens is 350 g/mol. The van der Waals surface area contributed by atoms with Gasteiger partial charge in [-0.1, -0.05) is 0 Å². The minimum absolute atomic E-state index is 0.0886. The van der Waals surface area contributed by atoms with Crippen LogP contribution in [0.3, 0.4) is 0 Å². The van der Waals surface area contributed by atoms with Gasteiger partial charge in [-0.2, -0.15) is 5.26 Å². The van der Waals surface area contributed by atoms with Crippen LogP contribution < -0.4 is 15.0 Å². The second-order valence-corrected chi connectivity index (χ2v) is 7.42. The Morgan fingerprint density at radius 2 is 2.04 bits per heavy atom. The number of carbonyl (C=O) groups excluding carboxylic acids is 2. The van der Waals surface area contributed by atoms with Crippen molar-refractivity contribution in [2.75, 3.05) is 23.9 Å². The molecule has 1 unspecified atom stereocenters. The minimum Gasteiger partial charge on any atom is -0.497 e. The molecule has 1 atom stereocenters. The number of anilines is 2. The van der Waals surface area contributed by atoms with Gasteiger partial charge in [-0.15, -0.1) is 11.3 Å². The van der Waals surface area contributed by atoms with Crippen LogP contribution in [0, 0.1) is 31.1 Å². The Hall–Kier alpha value is -2.85. The van der Waals surface area contributed by atoms with E-state index in [0.717, 1.165) is 16.1 Å². The molecule has 1 aliphatic rings. The first-order valence-electron chi connectivity index (χ1n) is 8.20. The van der Waals surface area contributed by atoms with Gasteiger partial charge in [-0.25, -0.2) is 0 Å². The number of ether oxygens (including phenoxy) is 1. The van der Waals surface area contributed by atoms with E-state index in [-0.39, 0.29) is 18.2 Å². The first-order chi connectivity index (χ1) is 12.4. The molecule has 0 spiro atoms. The zero-order valence-corrected chi connectivity index (χ0v) is 15.6. The van der Waals surface area contributed by atoms with Crippen molar-refractivity contribution in [2.45, 2.75) is 20.3 Å². The third-order valence-corrected chi connectivity index (χ3v) is 5.74. The van der Waals surface area contributed by atoms with Crippen molar-refractivity contribution in [1.82, 2.24) is 0 Å². The van der Waals surface area contributed by atoms with E-state index in [2.05, 4.69) is 11.4 Å². The van der Waals surface area contributed by atoms with Crippen molar-refractivity contribution in [1.29, 1.82) is 5.26 Å². The van der Waals surface area contributed by atoms with Gasteiger partial charge in [0.05, 0.1) is 18.6 Å². The zero-order valence-electron chi connectivity index (χ0n) is 14.8. The van der Waals surface area contributed by atoms with Crippen LogP contribution in [0.1, 0.15) is 22.4 Å². The average molecular weight is 369 g/mol. The topological polar surface area (TPSA) is 82.4 Å². The summed E-state index contributed by atoms with van der Waals surface area (Å²) in [5.74, 6) is -0.0533. The summed E-state index contributed by atoms with van der Waals surface area (Å²) in [6, 6.07) is 9.31. The molecule has 26 heavy (non-hydrogen) atoms. The summed E-state index contributed by atoms with van der Waals surface area (Å²) in [6.07, 6.45) is 0.156. The molecule has 2 amide bonds. The van der Waals surface area contributed by atoms with E-state index in [9.17, 15) is 14.9 Å². The summed E-state index contributed by atoms with van der Waals surface area (Å²) in [4.78, 5) is 27.6. The lowest BCUT2D eigenvalue weighted by Crippen LogP contribution is -2.28. The Kier molecular flexibility index (Phi) is 4.96. The molecular formula is C19H19N3O3S. The fourth-order valence-electron chi connectivity index (χ4n) is 2.96. The molecule has 2 aromatic rings. The van der Waals surface area contributed by atoms with Crippen LogP contribution in [0.15, 0.2) is 24.3 Å². The molecule has 1 fully saturated rings. The summed E-state index contributed by atoms with van der Waals surface area (Å²) >= 11 is 1.39. The van der Waals surface area contributed by atoms with Gasteiger partial charge in [0.15, 0.2) is 0 Å². The van der Waals surface area contributed by atoms with Gasteiger partial charge < -0.3 is 15.0 Å². The number of nitriles is 1. The normalized spacial score (nSPS) is 16.5. The van der Waals surface area contributed by atoms with Gasteiger partial charge in [-0.05, 0) is 43.7 Å². The highest BCUT2D eigenvalue weighted by Gasteiger charge is 2.35. The van der Waals surface area contributed by atoms with Gasteiger partial charge in [0.2, 0.25) is 11.8 Å². The number of amides is 2. The molecule has 7 heteroatoms. The maximum absolute atomic E-state index is 12.6. The van der Waals surface area contributed by atoms with Crippen molar-refractivity contribution in [3.05, 3.63) is 40.3 Å². The van der Waals surface area contributed by atoms with E-state index in [0.29, 0.717) is 22.9 Å². The van der Waals surface area contributed by atoms with E-state index in [1.807, 2.05) is 13.8 Å². The van der Waals surface area contributed by atoms with Crippen LogP contribution in [0.2, 0.25) is 0 Å². The van der Waals surface area contributed by atoms with E-state index >= 15 is 0 Å². The number of methoxy groups -OCH3 is 1. The molecule has 3 rings (SSSR count). The number of hydrogen-bond acceptors (Lipinski definition) is 5. The standard InChI is InChI=1S/C19H19N3O3S/c1-11-12(2)26-19(16(11)9-20)21-18(24)13-8-17(23)22(10-13)14-4-6-15(25-3)7-5-14/h4-7,13H,8,10H2,1-3H3,(H,21,24). The highest BCUT2D eigenvalue weighted by atomic mass is 32.1. The van der Waals surface area contributed by atoms with Crippen molar-refractivity contribution in [3.63, 3.8) is 0 Å². The predicted molar refractivity (Wildman–Crippen MR) is 101 cm³/mol. The number of benzene rings is 1. The van der Waals surface area contributed by atoms with Gasteiger partial charge in [-0.3, -0.25) is 9.59 Å². The number of carbonyl (C=O) groups is 2. The number of rotatable bonds is 4. The van der Waals surface area contributed by atoms with Crippen molar-refractivity contribution in [2.24, 2.45) is 5.92 Å². The second kappa shape index (κ2) is 7.18. The summed E-state index contributed by atoms with van der Waals surface area (Å²) in [5, 5.41) is 12.7. The molecule has 0 bridgehead atoms. The lowest BCUT2D eigenvalue weighted by Gasteiger charge is -2.17. The molecule has 134 valence electrons. The first kappa shape index (κ1) is 18.0. The number of thiophene rings is 1. The van der Waals surface area contributed by atoms with E-state index in [1.54, 1.807) is 36.3 Å². The Labute approximate surface area is 156 Å². The van der Waals surface area contributed by atoms with Crippen molar-refractivity contribution >= 4 is 33.8 Å². The van der Waals surface area contributed by atoms with Gasteiger partial charge in [0.1, 0.15) is 16.8 Å². The Bertz CT molecular complexity index is 896. The smallest absolute Gasteiger partial charge is 0.230 e. The van der Waals surface area contributed by atoms with Gasteiger partial charge >= 0.3 is 0 Å². The molecule has 6 nitrogen and oxygen atoms in total. The van der Waals surface area contributed by atoms with Crippen molar-refractivity contribution in [3.8, 4) is 11.8 Å². The predicted octanol–water partition coefficient (Wildman–Crippen LogP) is 3.24. The molecule has 1 aromatic heterocycles. The summed E-state index contributed by atoms with van der Waals surface area (Å²) in [7, 11) is 1.58.